The third-order valence-corrected chi connectivity index (χ3v) is 5.51. The Balaban J connectivity index is 1.18. The van der Waals surface area contributed by atoms with Crippen LogP contribution in [0.4, 0.5) is 5.69 Å². The Labute approximate surface area is 164 Å². The first-order chi connectivity index (χ1) is 13.8. The Kier molecular flexibility index (Phi) is 4.45. The van der Waals surface area contributed by atoms with E-state index in [1.165, 1.54) is 31.1 Å². The van der Waals surface area contributed by atoms with Gasteiger partial charge in [-0.3, -0.25) is 4.79 Å². The Morgan fingerprint density at radius 3 is 2.61 bits per heavy atom. The molecule has 5 heteroatoms. The van der Waals surface area contributed by atoms with Crippen molar-refractivity contribution in [3.8, 4) is 11.5 Å². The molecule has 2 aliphatic rings. The van der Waals surface area contributed by atoms with E-state index in [0.717, 1.165) is 23.7 Å². The quantitative estimate of drug-likeness (QED) is 0.642. The number of oxazole rings is 1. The average molecular weight is 373 g/mol. The number of hydrogen-bond donors (Lipinski definition) is 2. The van der Waals surface area contributed by atoms with Crippen molar-refractivity contribution in [3.05, 3.63) is 72.1 Å². The molecule has 1 heterocycles. The molecule has 142 valence electrons. The maximum absolute atomic E-state index is 12.5. The summed E-state index contributed by atoms with van der Waals surface area (Å²) in [5.74, 6) is 1.69. The molecular weight excluding hydrogens is 350 g/mol. The monoisotopic (exact) mass is 373 g/mol. The summed E-state index contributed by atoms with van der Waals surface area (Å²) in [6, 6.07) is 18.3. The molecule has 0 radical (unpaired) electrons. The smallest absolute Gasteiger partial charge is 0.277 e. The molecule has 0 bridgehead atoms. The number of carbonyl (C=O) groups is 1. The molecule has 2 aliphatic carbocycles. The number of carbonyl (C=O) groups excluding carboxylic acids is 1. The van der Waals surface area contributed by atoms with Crippen LogP contribution in [0.25, 0.3) is 11.5 Å². The summed E-state index contributed by atoms with van der Waals surface area (Å²) >= 11 is 0. The first-order valence-electron chi connectivity index (χ1n) is 9.92. The van der Waals surface area contributed by atoms with Gasteiger partial charge in [0.05, 0.1) is 0 Å². The molecular formula is C23H23N3O2. The van der Waals surface area contributed by atoms with E-state index < -0.39 is 0 Å². The van der Waals surface area contributed by atoms with E-state index in [4.69, 9.17) is 4.42 Å². The largest absolute Gasteiger partial charge is 0.444 e. The zero-order chi connectivity index (χ0) is 18.9. The number of rotatable bonds is 7. The Morgan fingerprint density at radius 1 is 1.07 bits per heavy atom. The van der Waals surface area contributed by atoms with Gasteiger partial charge in [0, 0.05) is 23.2 Å². The lowest BCUT2D eigenvalue weighted by molar-refractivity contribution is 0.102. The number of nitrogens with one attached hydrogen (secondary N) is 2. The van der Waals surface area contributed by atoms with Gasteiger partial charge in [-0.15, -0.1) is 0 Å². The van der Waals surface area contributed by atoms with Crippen molar-refractivity contribution in [2.24, 2.45) is 5.92 Å². The highest BCUT2D eigenvalue weighted by atomic mass is 16.3. The molecule has 2 unspecified atom stereocenters. The van der Waals surface area contributed by atoms with Crippen molar-refractivity contribution in [2.75, 3.05) is 11.9 Å². The minimum absolute atomic E-state index is 0.269. The lowest BCUT2D eigenvalue weighted by Crippen LogP contribution is -2.20. The van der Waals surface area contributed by atoms with Gasteiger partial charge in [0.1, 0.15) is 6.26 Å². The maximum Gasteiger partial charge on any atom is 0.277 e. The summed E-state index contributed by atoms with van der Waals surface area (Å²) in [4.78, 5) is 16.7. The molecule has 0 spiro atoms. The van der Waals surface area contributed by atoms with Crippen molar-refractivity contribution in [2.45, 2.75) is 31.2 Å². The van der Waals surface area contributed by atoms with Crippen LogP contribution < -0.4 is 10.6 Å². The molecule has 5 nitrogen and oxygen atoms in total. The molecule has 0 saturated heterocycles. The molecule has 2 saturated carbocycles. The lowest BCUT2D eigenvalue weighted by Gasteiger charge is -2.06. The molecule has 3 aromatic rings. The van der Waals surface area contributed by atoms with Crippen molar-refractivity contribution >= 4 is 11.6 Å². The van der Waals surface area contributed by atoms with Gasteiger partial charge in [0.2, 0.25) is 5.89 Å². The van der Waals surface area contributed by atoms with E-state index in [0.29, 0.717) is 17.9 Å². The lowest BCUT2D eigenvalue weighted by atomic mass is 10.1. The van der Waals surface area contributed by atoms with Gasteiger partial charge in [0.25, 0.3) is 5.91 Å². The Hall–Kier alpha value is -2.92. The van der Waals surface area contributed by atoms with Crippen molar-refractivity contribution in [1.29, 1.82) is 0 Å². The molecule has 2 aromatic carbocycles. The van der Waals surface area contributed by atoms with Gasteiger partial charge in [-0.1, -0.05) is 30.3 Å². The third kappa shape index (κ3) is 3.85. The molecule has 28 heavy (non-hydrogen) atoms. The summed E-state index contributed by atoms with van der Waals surface area (Å²) in [5.41, 5.74) is 3.22. The summed E-state index contributed by atoms with van der Waals surface area (Å²) in [7, 11) is 0. The summed E-state index contributed by atoms with van der Waals surface area (Å²) in [5, 5.41) is 6.55. The van der Waals surface area contributed by atoms with Crippen molar-refractivity contribution in [1.82, 2.24) is 10.3 Å². The fourth-order valence-corrected chi connectivity index (χ4v) is 3.53. The second-order valence-corrected chi connectivity index (χ2v) is 7.78. The summed E-state index contributed by atoms with van der Waals surface area (Å²) < 4.78 is 5.45. The number of amides is 1. The molecule has 1 aromatic heterocycles. The van der Waals surface area contributed by atoms with Crippen LogP contribution in [0.15, 0.2) is 65.3 Å². The zero-order valence-electron chi connectivity index (χ0n) is 15.6. The van der Waals surface area contributed by atoms with E-state index in [1.54, 1.807) is 0 Å². The van der Waals surface area contributed by atoms with E-state index in [2.05, 4.69) is 27.8 Å². The first-order valence-corrected chi connectivity index (χ1v) is 9.92. The number of benzene rings is 2. The van der Waals surface area contributed by atoms with E-state index in [1.807, 2.05) is 42.5 Å². The second kappa shape index (κ2) is 7.24. The number of aromatic nitrogens is 1. The van der Waals surface area contributed by atoms with Crippen molar-refractivity contribution in [3.63, 3.8) is 0 Å². The average Bonchev–Trinajstić information content (AvgIpc) is 3.65. The van der Waals surface area contributed by atoms with Gasteiger partial charge in [-0.25, -0.2) is 4.98 Å². The number of nitrogens with zero attached hydrogens (tertiary/aromatic N) is 1. The van der Waals surface area contributed by atoms with Crippen LogP contribution in [0.5, 0.6) is 0 Å². The molecule has 2 atom stereocenters. The molecule has 5 rings (SSSR count). The molecule has 0 aliphatic heterocycles. The maximum atomic E-state index is 12.5. The van der Waals surface area contributed by atoms with Crippen LogP contribution in [-0.2, 0) is 0 Å². The van der Waals surface area contributed by atoms with Gasteiger partial charge in [-0.05, 0) is 61.6 Å². The topological polar surface area (TPSA) is 67.2 Å². The zero-order valence-corrected chi connectivity index (χ0v) is 15.6. The fraction of sp³-hybridized carbons (Fsp3) is 0.304. The molecule has 2 N–H and O–H groups in total. The standard InChI is InChI=1S/C23H23N3O2/c27-22(21-14-28-23(26-21)17-4-2-1-3-5-17)25-18-10-8-16(9-11-18)19-12-20(19)24-13-15-6-7-15/h1-5,8-11,14-15,19-20,24H,6-7,12-13H2,(H,25,27). The first kappa shape index (κ1) is 17.2. The molecule has 2 fully saturated rings. The van der Waals surface area contributed by atoms with Crippen LogP contribution in [0.2, 0.25) is 0 Å². The van der Waals surface area contributed by atoms with Crippen LogP contribution in [0.1, 0.15) is 41.2 Å². The normalized spacial score (nSPS) is 20.7. The highest BCUT2D eigenvalue weighted by Gasteiger charge is 2.38. The van der Waals surface area contributed by atoms with Crippen LogP contribution in [-0.4, -0.2) is 23.5 Å². The van der Waals surface area contributed by atoms with Crippen molar-refractivity contribution < 1.29 is 9.21 Å². The number of hydrogen-bond acceptors (Lipinski definition) is 4. The van der Waals surface area contributed by atoms with Crippen LogP contribution in [0, 0.1) is 5.92 Å². The Bertz CT molecular complexity index is 961. The van der Waals surface area contributed by atoms with Crippen LogP contribution in [0.3, 0.4) is 0 Å². The highest BCUT2D eigenvalue weighted by molar-refractivity contribution is 6.02. The highest BCUT2D eigenvalue weighted by Crippen LogP contribution is 2.41. The number of anilines is 1. The third-order valence-electron chi connectivity index (χ3n) is 5.51. The van der Waals surface area contributed by atoms with E-state index >= 15 is 0 Å². The van der Waals surface area contributed by atoms with E-state index in [-0.39, 0.29) is 11.6 Å². The van der Waals surface area contributed by atoms with Crippen LogP contribution >= 0.6 is 0 Å². The Morgan fingerprint density at radius 2 is 1.86 bits per heavy atom. The van der Waals surface area contributed by atoms with Gasteiger partial charge >= 0.3 is 0 Å². The summed E-state index contributed by atoms with van der Waals surface area (Å²) in [6.45, 7) is 1.16. The SMILES string of the molecule is O=C(Nc1ccc(C2CC2NCC2CC2)cc1)c1coc(-c2ccccc2)n1. The molecule has 1 amide bonds. The van der Waals surface area contributed by atoms with Gasteiger partial charge < -0.3 is 15.1 Å². The predicted octanol–water partition coefficient (Wildman–Crippen LogP) is 4.45. The summed E-state index contributed by atoms with van der Waals surface area (Å²) in [6.07, 6.45) is 5.38. The van der Waals surface area contributed by atoms with E-state index in [9.17, 15) is 4.79 Å². The fourth-order valence-electron chi connectivity index (χ4n) is 3.53. The predicted molar refractivity (Wildman–Crippen MR) is 108 cm³/mol. The van der Waals surface area contributed by atoms with Gasteiger partial charge in [-0.2, -0.15) is 0 Å². The van der Waals surface area contributed by atoms with Gasteiger partial charge in [0.15, 0.2) is 5.69 Å². The minimum atomic E-state index is -0.269. The minimum Gasteiger partial charge on any atom is -0.444 e. The second-order valence-electron chi connectivity index (χ2n) is 7.78.